The summed E-state index contributed by atoms with van der Waals surface area (Å²) in [5.41, 5.74) is 0.550. The van der Waals surface area contributed by atoms with Crippen molar-refractivity contribution in [3.8, 4) is 12.3 Å². The van der Waals surface area contributed by atoms with E-state index in [9.17, 15) is 10.2 Å². The Kier molecular flexibility index (Phi) is 3.26. The second-order valence-corrected chi connectivity index (χ2v) is 8.47. The largest absolute Gasteiger partial charge is 0.389 e. The Labute approximate surface area is 134 Å². The molecule has 2 heteroatoms. The van der Waals surface area contributed by atoms with Gasteiger partial charge in [-0.25, -0.2) is 0 Å². The van der Waals surface area contributed by atoms with Crippen LogP contribution in [0.25, 0.3) is 0 Å². The Hall–Kier alpha value is -0.780. The highest BCUT2D eigenvalue weighted by Gasteiger charge is 2.61. The SMILES string of the molecule is C#C[C@@]1(O)CC[C@H]2[C@@H]3CCC4=C[C@@H](O)CC[C@@H]4[C@H]3CC[C@@]21C. The Bertz CT molecular complexity index is 544. The van der Waals surface area contributed by atoms with Crippen LogP contribution >= 0.6 is 0 Å². The normalized spacial score (nSPS) is 53.7. The Morgan fingerprint density at radius 2 is 1.95 bits per heavy atom. The highest BCUT2D eigenvalue weighted by molar-refractivity contribution is 5.25. The first-order valence-corrected chi connectivity index (χ1v) is 9.07. The van der Waals surface area contributed by atoms with Crippen molar-refractivity contribution in [3.05, 3.63) is 11.6 Å². The summed E-state index contributed by atoms with van der Waals surface area (Å²) in [5, 5.41) is 20.8. The Balaban J connectivity index is 1.64. The third-order valence-electron chi connectivity index (χ3n) is 7.82. The molecular weight excluding hydrogens is 272 g/mol. The second-order valence-electron chi connectivity index (χ2n) is 8.47. The molecule has 3 saturated carbocycles. The van der Waals surface area contributed by atoms with E-state index in [0.29, 0.717) is 11.8 Å². The van der Waals surface area contributed by atoms with Crippen LogP contribution in [-0.2, 0) is 0 Å². The standard InChI is InChI=1S/C20H28O2/c1-3-20(22)11-9-18-17-6-4-13-12-14(21)5-7-15(13)16(17)8-10-19(18,20)2/h1,12,14-18,21-22H,4-11H2,2H3/t14-,15-,16+,17+,18-,19-,20+/m0/s1. The number of fused-ring (bicyclic) bond motifs is 5. The molecule has 3 fully saturated rings. The molecule has 4 aliphatic carbocycles. The maximum Gasteiger partial charge on any atom is 0.130 e. The van der Waals surface area contributed by atoms with Gasteiger partial charge >= 0.3 is 0 Å². The summed E-state index contributed by atoms with van der Waals surface area (Å²) in [5.74, 6) is 5.50. The van der Waals surface area contributed by atoms with Gasteiger partial charge in [0.05, 0.1) is 6.10 Å². The zero-order chi connectivity index (χ0) is 15.5. The second kappa shape index (κ2) is 4.86. The lowest BCUT2D eigenvalue weighted by Crippen LogP contribution is -2.52. The van der Waals surface area contributed by atoms with Crippen molar-refractivity contribution in [3.63, 3.8) is 0 Å². The van der Waals surface area contributed by atoms with E-state index in [1.807, 2.05) is 0 Å². The van der Waals surface area contributed by atoms with Crippen LogP contribution < -0.4 is 0 Å². The summed E-state index contributed by atoms with van der Waals surface area (Å²) in [6.45, 7) is 2.25. The summed E-state index contributed by atoms with van der Waals surface area (Å²) < 4.78 is 0. The van der Waals surface area contributed by atoms with E-state index in [0.717, 1.165) is 50.4 Å². The zero-order valence-corrected chi connectivity index (χ0v) is 13.6. The van der Waals surface area contributed by atoms with Gasteiger partial charge in [-0.2, -0.15) is 0 Å². The lowest BCUT2D eigenvalue weighted by atomic mass is 9.50. The van der Waals surface area contributed by atoms with E-state index in [-0.39, 0.29) is 11.5 Å². The molecule has 0 amide bonds. The van der Waals surface area contributed by atoms with E-state index in [1.165, 1.54) is 18.4 Å². The van der Waals surface area contributed by atoms with Crippen molar-refractivity contribution < 1.29 is 10.2 Å². The van der Waals surface area contributed by atoms with Crippen LogP contribution in [0.15, 0.2) is 11.6 Å². The van der Waals surface area contributed by atoms with E-state index in [1.54, 1.807) is 0 Å². The molecule has 7 atom stereocenters. The number of terminal acetylenes is 1. The first-order valence-electron chi connectivity index (χ1n) is 9.07. The monoisotopic (exact) mass is 300 g/mol. The highest BCUT2D eigenvalue weighted by Crippen LogP contribution is 2.64. The quantitative estimate of drug-likeness (QED) is 0.532. The lowest BCUT2D eigenvalue weighted by Gasteiger charge is -2.55. The molecule has 22 heavy (non-hydrogen) atoms. The minimum atomic E-state index is -0.887. The molecule has 4 rings (SSSR count). The number of rotatable bonds is 0. The number of allylic oxidation sites excluding steroid dienone is 1. The van der Waals surface area contributed by atoms with Crippen molar-refractivity contribution in [1.82, 2.24) is 0 Å². The van der Waals surface area contributed by atoms with Crippen molar-refractivity contribution >= 4 is 0 Å². The Morgan fingerprint density at radius 3 is 2.73 bits per heavy atom. The van der Waals surface area contributed by atoms with E-state index >= 15 is 0 Å². The predicted molar refractivity (Wildman–Crippen MR) is 86.9 cm³/mol. The van der Waals surface area contributed by atoms with Gasteiger partial charge in [0.15, 0.2) is 0 Å². The van der Waals surface area contributed by atoms with Crippen LogP contribution in [0.1, 0.15) is 58.3 Å². The minimum absolute atomic E-state index is 0.0850. The molecule has 0 unspecified atom stereocenters. The Morgan fingerprint density at radius 1 is 1.14 bits per heavy atom. The van der Waals surface area contributed by atoms with Crippen LogP contribution in [0.3, 0.4) is 0 Å². The van der Waals surface area contributed by atoms with Gasteiger partial charge in [-0.15, -0.1) is 6.42 Å². The summed E-state index contributed by atoms with van der Waals surface area (Å²) in [6, 6.07) is 0. The van der Waals surface area contributed by atoms with Crippen molar-refractivity contribution in [1.29, 1.82) is 0 Å². The van der Waals surface area contributed by atoms with Crippen LogP contribution in [0.2, 0.25) is 0 Å². The molecule has 0 spiro atoms. The summed E-state index contributed by atoms with van der Waals surface area (Å²) in [6.07, 6.45) is 16.2. The van der Waals surface area contributed by atoms with Gasteiger partial charge in [-0.3, -0.25) is 0 Å². The molecule has 0 aliphatic heterocycles. The van der Waals surface area contributed by atoms with Crippen molar-refractivity contribution in [2.24, 2.45) is 29.1 Å². The molecule has 0 radical (unpaired) electrons. The molecule has 4 aliphatic rings. The van der Waals surface area contributed by atoms with Crippen LogP contribution in [0.4, 0.5) is 0 Å². The smallest absolute Gasteiger partial charge is 0.130 e. The molecule has 0 heterocycles. The van der Waals surface area contributed by atoms with E-state index in [4.69, 9.17) is 6.42 Å². The number of hydrogen-bond donors (Lipinski definition) is 2. The van der Waals surface area contributed by atoms with Crippen LogP contribution in [0.5, 0.6) is 0 Å². The van der Waals surface area contributed by atoms with Crippen LogP contribution in [0, 0.1) is 41.4 Å². The molecule has 0 bridgehead atoms. The van der Waals surface area contributed by atoms with Gasteiger partial charge in [-0.1, -0.05) is 24.5 Å². The molecular formula is C20H28O2. The average Bonchev–Trinajstić information content (AvgIpc) is 2.79. The van der Waals surface area contributed by atoms with Gasteiger partial charge < -0.3 is 10.2 Å². The third-order valence-corrected chi connectivity index (χ3v) is 7.82. The molecule has 0 aromatic rings. The molecule has 0 aromatic heterocycles. The zero-order valence-electron chi connectivity index (χ0n) is 13.6. The molecule has 2 N–H and O–H groups in total. The van der Waals surface area contributed by atoms with Crippen LogP contribution in [-0.4, -0.2) is 21.9 Å². The molecule has 2 nitrogen and oxygen atoms in total. The van der Waals surface area contributed by atoms with Gasteiger partial charge in [0.25, 0.3) is 0 Å². The summed E-state index contributed by atoms with van der Waals surface area (Å²) in [7, 11) is 0. The maximum atomic E-state index is 10.9. The fourth-order valence-corrected chi connectivity index (χ4v) is 6.57. The topological polar surface area (TPSA) is 40.5 Å². The first-order chi connectivity index (χ1) is 10.5. The number of aliphatic hydroxyl groups excluding tert-OH is 1. The van der Waals surface area contributed by atoms with E-state index in [2.05, 4.69) is 18.9 Å². The first kappa shape index (κ1) is 14.8. The number of hydrogen-bond acceptors (Lipinski definition) is 2. The maximum absolute atomic E-state index is 10.9. The summed E-state index contributed by atoms with van der Waals surface area (Å²) in [4.78, 5) is 0. The average molecular weight is 300 g/mol. The molecule has 0 saturated heterocycles. The summed E-state index contributed by atoms with van der Waals surface area (Å²) >= 11 is 0. The van der Waals surface area contributed by atoms with Gasteiger partial charge in [-0.05, 0) is 75.0 Å². The minimum Gasteiger partial charge on any atom is -0.389 e. The fraction of sp³-hybridized carbons (Fsp3) is 0.800. The number of aliphatic hydroxyl groups is 2. The predicted octanol–water partition coefficient (Wildman–Crippen LogP) is 3.28. The van der Waals surface area contributed by atoms with Gasteiger partial charge in [0, 0.05) is 5.41 Å². The van der Waals surface area contributed by atoms with E-state index < -0.39 is 5.60 Å². The van der Waals surface area contributed by atoms with Crippen molar-refractivity contribution in [2.45, 2.75) is 70.0 Å². The lowest BCUT2D eigenvalue weighted by molar-refractivity contribution is -0.0865. The van der Waals surface area contributed by atoms with Crippen molar-refractivity contribution in [2.75, 3.05) is 0 Å². The highest BCUT2D eigenvalue weighted by atomic mass is 16.3. The van der Waals surface area contributed by atoms with Gasteiger partial charge in [0.2, 0.25) is 0 Å². The fourth-order valence-electron chi connectivity index (χ4n) is 6.57. The third kappa shape index (κ3) is 1.82. The molecule has 0 aromatic carbocycles. The molecule has 120 valence electrons. The van der Waals surface area contributed by atoms with Gasteiger partial charge in [0.1, 0.15) is 5.60 Å².